The van der Waals surface area contributed by atoms with Crippen molar-refractivity contribution in [2.24, 2.45) is 0 Å². The summed E-state index contributed by atoms with van der Waals surface area (Å²) < 4.78 is 0. The minimum Gasteiger partial charge on any atom is -0.337 e. The predicted octanol–water partition coefficient (Wildman–Crippen LogP) is 2.20. The summed E-state index contributed by atoms with van der Waals surface area (Å²) in [5, 5.41) is 3.80. The number of rotatable bonds is 2. The van der Waals surface area contributed by atoms with Gasteiger partial charge in [-0.2, -0.15) is 0 Å². The summed E-state index contributed by atoms with van der Waals surface area (Å²) in [5.74, 6) is 0.0697. The van der Waals surface area contributed by atoms with E-state index in [0.717, 1.165) is 19.5 Å². The second kappa shape index (κ2) is 6.24. The number of carbonyl (C=O) groups is 1. The van der Waals surface area contributed by atoms with E-state index >= 15 is 0 Å². The van der Waals surface area contributed by atoms with Gasteiger partial charge in [0.1, 0.15) is 0 Å². The van der Waals surface area contributed by atoms with E-state index in [-0.39, 0.29) is 18.3 Å². The fraction of sp³-hybridized carbons (Fsp3) is 0.417. The molecular weight excluding hydrogens is 259 g/mol. The lowest BCUT2D eigenvalue weighted by Gasteiger charge is -2.16. The molecule has 1 aromatic carbocycles. The number of halogens is 2. The molecule has 94 valence electrons. The van der Waals surface area contributed by atoms with E-state index in [1.165, 1.54) is 0 Å². The van der Waals surface area contributed by atoms with Crippen molar-refractivity contribution in [2.75, 3.05) is 20.1 Å². The molecular formula is C12H16Cl2N2O. The number of benzene rings is 1. The molecule has 0 unspecified atom stereocenters. The Bertz CT molecular complexity index is 398. The summed E-state index contributed by atoms with van der Waals surface area (Å²) in [6.07, 6.45) is 1.02. The molecule has 1 N–H and O–H groups in total. The first-order valence-corrected chi connectivity index (χ1v) is 5.80. The number of carbonyl (C=O) groups excluding carboxylic acids is 1. The molecule has 1 aromatic rings. The quantitative estimate of drug-likeness (QED) is 0.897. The van der Waals surface area contributed by atoms with Gasteiger partial charge in [0.25, 0.3) is 5.91 Å². The van der Waals surface area contributed by atoms with Gasteiger partial charge in [-0.1, -0.05) is 17.7 Å². The fourth-order valence-corrected chi connectivity index (χ4v) is 2.17. The normalized spacial score (nSPS) is 18.9. The number of hydrogen-bond donors (Lipinski definition) is 1. The Labute approximate surface area is 113 Å². The van der Waals surface area contributed by atoms with Gasteiger partial charge in [-0.05, 0) is 31.7 Å². The van der Waals surface area contributed by atoms with Crippen molar-refractivity contribution in [3.8, 4) is 0 Å². The molecule has 2 rings (SSSR count). The van der Waals surface area contributed by atoms with E-state index in [9.17, 15) is 4.79 Å². The van der Waals surface area contributed by atoms with Crippen molar-refractivity contribution in [3.63, 3.8) is 0 Å². The van der Waals surface area contributed by atoms with E-state index in [4.69, 9.17) is 11.6 Å². The zero-order chi connectivity index (χ0) is 11.5. The van der Waals surface area contributed by atoms with E-state index in [1.807, 2.05) is 11.9 Å². The van der Waals surface area contributed by atoms with Crippen LogP contribution in [0.4, 0.5) is 0 Å². The highest BCUT2D eigenvalue weighted by atomic mass is 35.5. The largest absolute Gasteiger partial charge is 0.337 e. The van der Waals surface area contributed by atoms with E-state index in [1.54, 1.807) is 24.3 Å². The zero-order valence-corrected chi connectivity index (χ0v) is 11.2. The lowest BCUT2D eigenvalue weighted by atomic mass is 10.2. The second-order valence-electron chi connectivity index (χ2n) is 4.04. The van der Waals surface area contributed by atoms with Crippen LogP contribution >= 0.6 is 24.0 Å². The summed E-state index contributed by atoms with van der Waals surface area (Å²) in [5.41, 5.74) is 0.671. The topological polar surface area (TPSA) is 32.3 Å². The van der Waals surface area contributed by atoms with Crippen LogP contribution in [0.25, 0.3) is 0 Å². The Morgan fingerprint density at radius 3 is 2.88 bits per heavy atom. The first kappa shape index (κ1) is 14.3. The summed E-state index contributed by atoms with van der Waals surface area (Å²) in [4.78, 5) is 14.0. The molecule has 1 fully saturated rings. The molecule has 0 aromatic heterocycles. The van der Waals surface area contributed by atoms with Gasteiger partial charge in [-0.15, -0.1) is 12.4 Å². The molecule has 1 saturated heterocycles. The van der Waals surface area contributed by atoms with Crippen LogP contribution in [-0.2, 0) is 0 Å². The molecule has 17 heavy (non-hydrogen) atoms. The van der Waals surface area contributed by atoms with Crippen LogP contribution in [0.1, 0.15) is 16.8 Å². The molecule has 1 atom stereocenters. The van der Waals surface area contributed by atoms with Crippen LogP contribution in [0.5, 0.6) is 0 Å². The van der Waals surface area contributed by atoms with Gasteiger partial charge < -0.3 is 10.2 Å². The maximum atomic E-state index is 12.1. The zero-order valence-electron chi connectivity index (χ0n) is 9.65. The SMILES string of the molecule is CN[C@@H]1CCN(C(=O)c2cccc(Cl)c2)C1.Cl. The molecule has 1 aliphatic rings. The number of likely N-dealkylation sites (tertiary alicyclic amines) is 1. The van der Waals surface area contributed by atoms with Crippen molar-refractivity contribution < 1.29 is 4.79 Å². The van der Waals surface area contributed by atoms with Crippen LogP contribution < -0.4 is 5.32 Å². The fourth-order valence-electron chi connectivity index (χ4n) is 1.98. The number of likely N-dealkylation sites (N-methyl/N-ethyl adjacent to an activating group) is 1. The average molecular weight is 275 g/mol. The average Bonchev–Trinajstić information content (AvgIpc) is 2.76. The Morgan fingerprint density at radius 2 is 2.29 bits per heavy atom. The third-order valence-corrected chi connectivity index (χ3v) is 3.19. The van der Waals surface area contributed by atoms with Crippen LogP contribution in [0.3, 0.4) is 0 Å². The third kappa shape index (κ3) is 3.35. The van der Waals surface area contributed by atoms with Crippen LogP contribution in [0, 0.1) is 0 Å². The first-order chi connectivity index (χ1) is 7.70. The number of nitrogens with zero attached hydrogens (tertiary/aromatic N) is 1. The lowest BCUT2D eigenvalue weighted by molar-refractivity contribution is 0.0789. The Balaban J connectivity index is 0.00000144. The van der Waals surface area contributed by atoms with Gasteiger partial charge >= 0.3 is 0 Å². The first-order valence-electron chi connectivity index (χ1n) is 5.43. The highest BCUT2D eigenvalue weighted by molar-refractivity contribution is 6.30. The highest BCUT2D eigenvalue weighted by Gasteiger charge is 2.25. The minimum absolute atomic E-state index is 0. The molecule has 0 radical (unpaired) electrons. The van der Waals surface area contributed by atoms with Crippen LogP contribution in [0.15, 0.2) is 24.3 Å². The number of hydrogen-bond acceptors (Lipinski definition) is 2. The van der Waals surface area contributed by atoms with Crippen LogP contribution in [0.2, 0.25) is 5.02 Å². The van der Waals surface area contributed by atoms with E-state index in [0.29, 0.717) is 16.6 Å². The monoisotopic (exact) mass is 274 g/mol. The highest BCUT2D eigenvalue weighted by Crippen LogP contribution is 2.16. The smallest absolute Gasteiger partial charge is 0.253 e. The van der Waals surface area contributed by atoms with Gasteiger partial charge in [-0.25, -0.2) is 0 Å². The van der Waals surface area contributed by atoms with Crippen LogP contribution in [-0.4, -0.2) is 37.0 Å². The summed E-state index contributed by atoms with van der Waals surface area (Å²) >= 11 is 5.87. The Kier molecular flexibility index (Phi) is 5.25. The summed E-state index contributed by atoms with van der Waals surface area (Å²) in [6, 6.07) is 7.53. The molecule has 5 heteroatoms. The van der Waals surface area contributed by atoms with Gasteiger partial charge in [0, 0.05) is 29.7 Å². The van der Waals surface area contributed by atoms with Gasteiger partial charge in [0.2, 0.25) is 0 Å². The van der Waals surface area contributed by atoms with Gasteiger partial charge in [0.15, 0.2) is 0 Å². The van der Waals surface area contributed by atoms with Crippen molar-refractivity contribution in [1.29, 1.82) is 0 Å². The Hall–Kier alpha value is -0.770. The number of amides is 1. The van der Waals surface area contributed by atoms with E-state index < -0.39 is 0 Å². The second-order valence-corrected chi connectivity index (χ2v) is 4.47. The van der Waals surface area contributed by atoms with Gasteiger partial charge in [0.05, 0.1) is 0 Å². The molecule has 0 saturated carbocycles. The van der Waals surface area contributed by atoms with Crippen molar-refractivity contribution >= 4 is 29.9 Å². The van der Waals surface area contributed by atoms with E-state index in [2.05, 4.69) is 5.32 Å². The molecule has 3 nitrogen and oxygen atoms in total. The maximum Gasteiger partial charge on any atom is 0.253 e. The lowest BCUT2D eigenvalue weighted by Crippen LogP contribution is -2.33. The maximum absolute atomic E-state index is 12.1. The molecule has 1 heterocycles. The third-order valence-electron chi connectivity index (χ3n) is 2.96. The predicted molar refractivity (Wildman–Crippen MR) is 72.1 cm³/mol. The van der Waals surface area contributed by atoms with Crippen molar-refractivity contribution in [2.45, 2.75) is 12.5 Å². The molecule has 0 bridgehead atoms. The Morgan fingerprint density at radius 1 is 1.53 bits per heavy atom. The summed E-state index contributed by atoms with van der Waals surface area (Å²) in [6.45, 7) is 1.60. The van der Waals surface area contributed by atoms with Crippen molar-refractivity contribution in [3.05, 3.63) is 34.9 Å². The van der Waals surface area contributed by atoms with Gasteiger partial charge in [-0.3, -0.25) is 4.79 Å². The standard InChI is InChI=1S/C12H15ClN2O.ClH/c1-14-11-5-6-15(8-11)12(16)9-3-2-4-10(13)7-9;/h2-4,7,11,14H,5-6,8H2,1H3;1H/t11-;/m1./s1. The molecule has 0 spiro atoms. The molecule has 1 aliphatic heterocycles. The molecule has 0 aliphatic carbocycles. The minimum atomic E-state index is 0. The molecule has 1 amide bonds. The van der Waals surface area contributed by atoms with Crippen molar-refractivity contribution in [1.82, 2.24) is 10.2 Å². The number of nitrogens with one attached hydrogen (secondary N) is 1. The summed E-state index contributed by atoms with van der Waals surface area (Å²) in [7, 11) is 1.93.